The predicted octanol–water partition coefficient (Wildman–Crippen LogP) is 4.78. The quantitative estimate of drug-likeness (QED) is 0.368. The summed E-state index contributed by atoms with van der Waals surface area (Å²) in [6, 6.07) is 13.7. The van der Waals surface area contributed by atoms with Gasteiger partial charge in [0.05, 0.1) is 13.7 Å². The van der Waals surface area contributed by atoms with Crippen LogP contribution < -0.4 is 10.2 Å². The summed E-state index contributed by atoms with van der Waals surface area (Å²) in [7, 11) is 1.35. The molecule has 0 radical (unpaired) electrons. The number of hydrogen-bond donors (Lipinski definition) is 1. The van der Waals surface area contributed by atoms with Crippen LogP contribution in [-0.4, -0.2) is 62.4 Å². The van der Waals surface area contributed by atoms with Crippen molar-refractivity contribution in [1.82, 2.24) is 4.90 Å². The second kappa shape index (κ2) is 11.1. The molecule has 0 unspecified atom stereocenters. The minimum absolute atomic E-state index is 0.0552. The summed E-state index contributed by atoms with van der Waals surface area (Å²) in [6.45, 7) is 8.88. The van der Waals surface area contributed by atoms with Gasteiger partial charge in [-0.1, -0.05) is 23.8 Å². The fourth-order valence-corrected chi connectivity index (χ4v) is 5.38. The van der Waals surface area contributed by atoms with E-state index in [2.05, 4.69) is 15.1 Å². The smallest absolute Gasteiger partial charge is 0.341 e. The van der Waals surface area contributed by atoms with E-state index in [0.29, 0.717) is 16.1 Å². The van der Waals surface area contributed by atoms with Crippen LogP contribution in [0.25, 0.3) is 11.1 Å². The highest BCUT2D eigenvalue weighted by atomic mass is 32.1. The van der Waals surface area contributed by atoms with Gasteiger partial charge in [0.15, 0.2) is 5.78 Å². The van der Waals surface area contributed by atoms with Gasteiger partial charge in [0.25, 0.3) is 0 Å². The molecule has 4 rings (SSSR count). The van der Waals surface area contributed by atoms with Gasteiger partial charge in [-0.05, 0) is 56.2 Å². The number of benzene rings is 2. The molecule has 1 fully saturated rings. The third-order valence-corrected chi connectivity index (χ3v) is 7.39. The van der Waals surface area contributed by atoms with Crippen molar-refractivity contribution in [2.75, 3.05) is 50.1 Å². The fraction of sp³-hybridized carbons (Fsp3) is 0.321. The Hall–Kier alpha value is -3.49. The third-order valence-electron chi connectivity index (χ3n) is 6.50. The number of methoxy groups -OCH3 is 1. The van der Waals surface area contributed by atoms with Crippen LogP contribution in [0, 0.1) is 13.8 Å². The number of aryl methyl sites for hydroxylation is 2. The zero-order valence-electron chi connectivity index (χ0n) is 21.1. The van der Waals surface area contributed by atoms with E-state index in [0.717, 1.165) is 54.1 Å². The molecule has 0 bridgehead atoms. The number of Topliss-reactive ketones (excluding diaryl/α,β-unsaturated/α-hetero) is 1. The first kappa shape index (κ1) is 25.6. The number of amides is 1. The van der Waals surface area contributed by atoms with Crippen molar-refractivity contribution in [3.8, 4) is 11.1 Å². The standard InChI is InChI=1S/C28H31N3O4S/c1-18-5-6-19(2)23(15-18)24-17-36-27(26(24)28(34)35-4)29-25(33)16-30-11-13-31(14-12-30)22-9-7-21(8-10-22)20(3)32/h5-10,15,17H,11-14,16H2,1-4H3,(H,29,33). The Morgan fingerprint density at radius 2 is 1.67 bits per heavy atom. The number of thiophene rings is 1. The first-order valence-electron chi connectivity index (χ1n) is 11.9. The number of nitrogens with zero attached hydrogens (tertiary/aromatic N) is 2. The van der Waals surface area contributed by atoms with Crippen molar-refractivity contribution in [3.63, 3.8) is 0 Å². The minimum Gasteiger partial charge on any atom is -0.465 e. The SMILES string of the molecule is COC(=O)c1c(-c2cc(C)ccc2C)csc1NC(=O)CN1CCN(c2ccc(C(C)=O)cc2)CC1. The van der Waals surface area contributed by atoms with Crippen LogP contribution in [0.2, 0.25) is 0 Å². The molecule has 1 saturated heterocycles. The van der Waals surface area contributed by atoms with Gasteiger partial charge < -0.3 is 15.0 Å². The molecule has 188 valence electrons. The monoisotopic (exact) mass is 505 g/mol. The van der Waals surface area contributed by atoms with Gasteiger partial charge in [0.1, 0.15) is 10.6 Å². The number of anilines is 2. The van der Waals surface area contributed by atoms with Crippen LogP contribution >= 0.6 is 11.3 Å². The van der Waals surface area contributed by atoms with Gasteiger partial charge in [0.2, 0.25) is 5.91 Å². The zero-order chi connectivity index (χ0) is 25.8. The molecule has 0 aliphatic carbocycles. The first-order valence-corrected chi connectivity index (χ1v) is 12.8. The molecule has 8 heteroatoms. The molecule has 1 amide bonds. The zero-order valence-corrected chi connectivity index (χ0v) is 21.9. The second-order valence-electron chi connectivity index (χ2n) is 9.08. The van der Waals surface area contributed by atoms with Crippen molar-refractivity contribution >= 4 is 39.7 Å². The van der Waals surface area contributed by atoms with E-state index in [1.165, 1.54) is 18.4 Å². The predicted molar refractivity (Wildman–Crippen MR) is 144 cm³/mol. The number of carbonyl (C=O) groups excluding carboxylic acids is 3. The maximum atomic E-state index is 12.9. The topological polar surface area (TPSA) is 79.0 Å². The minimum atomic E-state index is -0.466. The Balaban J connectivity index is 1.41. The Labute approximate surface area is 215 Å². The average molecular weight is 506 g/mol. The molecule has 1 aliphatic heterocycles. The molecule has 0 spiro atoms. The Morgan fingerprint density at radius 3 is 2.31 bits per heavy atom. The number of rotatable bonds is 7. The summed E-state index contributed by atoms with van der Waals surface area (Å²) in [5.74, 6) is -0.569. The van der Waals surface area contributed by atoms with Crippen molar-refractivity contribution < 1.29 is 19.1 Å². The highest BCUT2D eigenvalue weighted by molar-refractivity contribution is 7.15. The largest absolute Gasteiger partial charge is 0.465 e. The van der Waals surface area contributed by atoms with Crippen LogP contribution in [0.5, 0.6) is 0 Å². The van der Waals surface area contributed by atoms with Gasteiger partial charge in [0, 0.05) is 48.4 Å². The molecule has 36 heavy (non-hydrogen) atoms. The Bertz CT molecular complexity index is 1270. The van der Waals surface area contributed by atoms with Crippen molar-refractivity contribution in [1.29, 1.82) is 0 Å². The van der Waals surface area contributed by atoms with Gasteiger partial charge in [-0.15, -0.1) is 11.3 Å². The number of carbonyl (C=O) groups is 3. The molecule has 7 nitrogen and oxygen atoms in total. The van der Waals surface area contributed by atoms with E-state index in [4.69, 9.17) is 4.74 Å². The molecule has 2 aromatic carbocycles. The molecule has 0 saturated carbocycles. The van der Waals surface area contributed by atoms with E-state index in [9.17, 15) is 14.4 Å². The summed E-state index contributed by atoms with van der Waals surface area (Å²) >= 11 is 1.34. The number of hydrogen-bond acceptors (Lipinski definition) is 7. The normalized spacial score (nSPS) is 13.9. The van der Waals surface area contributed by atoms with E-state index in [1.54, 1.807) is 6.92 Å². The van der Waals surface area contributed by atoms with Crippen LogP contribution in [0.1, 0.15) is 38.8 Å². The Kier molecular flexibility index (Phi) is 7.86. The second-order valence-corrected chi connectivity index (χ2v) is 9.96. The van der Waals surface area contributed by atoms with Crippen LogP contribution in [-0.2, 0) is 9.53 Å². The summed E-state index contributed by atoms with van der Waals surface area (Å²) in [5, 5.41) is 5.36. The highest BCUT2D eigenvalue weighted by Crippen LogP contribution is 2.38. The molecule has 1 aliphatic rings. The lowest BCUT2D eigenvalue weighted by Gasteiger charge is -2.35. The van der Waals surface area contributed by atoms with Gasteiger partial charge in [-0.25, -0.2) is 4.79 Å². The first-order chi connectivity index (χ1) is 17.3. The molecule has 2 heterocycles. The number of ether oxygens (including phenoxy) is 1. The molecule has 1 aromatic heterocycles. The average Bonchev–Trinajstić information content (AvgIpc) is 3.28. The van der Waals surface area contributed by atoms with Crippen molar-refractivity contribution in [2.45, 2.75) is 20.8 Å². The highest BCUT2D eigenvalue weighted by Gasteiger charge is 2.25. The molecule has 3 aromatic rings. The summed E-state index contributed by atoms with van der Waals surface area (Å²) in [6.07, 6.45) is 0. The van der Waals surface area contributed by atoms with Crippen LogP contribution in [0.15, 0.2) is 47.8 Å². The van der Waals surface area contributed by atoms with Crippen LogP contribution in [0.4, 0.5) is 10.7 Å². The Morgan fingerprint density at radius 1 is 0.972 bits per heavy atom. The maximum absolute atomic E-state index is 12.9. The maximum Gasteiger partial charge on any atom is 0.341 e. The van der Waals surface area contributed by atoms with Crippen molar-refractivity contribution in [2.24, 2.45) is 0 Å². The van der Waals surface area contributed by atoms with E-state index in [-0.39, 0.29) is 18.2 Å². The van der Waals surface area contributed by atoms with E-state index in [1.807, 2.05) is 61.7 Å². The van der Waals surface area contributed by atoms with E-state index >= 15 is 0 Å². The summed E-state index contributed by atoms with van der Waals surface area (Å²) in [4.78, 5) is 41.5. The summed E-state index contributed by atoms with van der Waals surface area (Å²) in [5.41, 5.74) is 6.04. The number of esters is 1. The molecule has 0 atom stereocenters. The lowest BCUT2D eigenvalue weighted by molar-refractivity contribution is -0.117. The molecule has 1 N–H and O–H groups in total. The lowest BCUT2D eigenvalue weighted by Crippen LogP contribution is -2.48. The number of piperazine rings is 1. The van der Waals surface area contributed by atoms with Gasteiger partial charge in [-0.3, -0.25) is 14.5 Å². The number of ketones is 1. The van der Waals surface area contributed by atoms with Crippen molar-refractivity contribution in [3.05, 3.63) is 70.1 Å². The number of nitrogens with one attached hydrogen (secondary N) is 1. The summed E-state index contributed by atoms with van der Waals surface area (Å²) < 4.78 is 5.06. The lowest BCUT2D eigenvalue weighted by atomic mass is 9.97. The van der Waals surface area contributed by atoms with Gasteiger partial charge in [-0.2, -0.15) is 0 Å². The molecular formula is C28H31N3O4S. The third kappa shape index (κ3) is 5.66. The van der Waals surface area contributed by atoms with Gasteiger partial charge >= 0.3 is 5.97 Å². The molecular weight excluding hydrogens is 474 g/mol. The van der Waals surface area contributed by atoms with Crippen LogP contribution in [0.3, 0.4) is 0 Å². The van der Waals surface area contributed by atoms with E-state index < -0.39 is 5.97 Å². The fourth-order valence-electron chi connectivity index (χ4n) is 4.42.